The van der Waals surface area contributed by atoms with Crippen molar-refractivity contribution in [2.75, 3.05) is 29.9 Å². The maximum atomic E-state index is 13.1. The number of rotatable bonds is 5. The van der Waals surface area contributed by atoms with Gasteiger partial charge in [-0.3, -0.25) is 19.3 Å². The van der Waals surface area contributed by atoms with Crippen LogP contribution in [0.4, 0.5) is 11.4 Å². The number of nitrogens with one attached hydrogen (secondary N) is 2. The molecule has 0 unspecified atom stereocenters. The molecule has 1 atom stereocenters. The number of benzene rings is 1. The van der Waals surface area contributed by atoms with Gasteiger partial charge >= 0.3 is 0 Å². The van der Waals surface area contributed by atoms with E-state index in [1.165, 1.54) is 0 Å². The Labute approximate surface area is 161 Å². The summed E-state index contributed by atoms with van der Waals surface area (Å²) in [5.41, 5.74) is 1.01. The molecule has 2 N–H and O–H groups in total. The molecule has 0 radical (unpaired) electrons. The third kappa shape index (κ3) is 5.79. The molecule has 0 spiro atoms. The molecule has 0 saturated heterocycles. The van der Waals surface area contributed by atoms with Crippen LogP contribution in [0.15, 0.2) is 24.3 Å². The first kappa shape index (κ1) is 20.9. The Morgan fingerprint density at radius 1 is 1.26 bits per heavy atom. The molecule has 1 aromatic carbocycles. The highest BCUT2D eigenvalue weighted by atomic mass is 16.2. The number of para-hydroxylation sites is 2. The van der Waals surface area contributed by atoms with Gasteiger partial charge in [0.1, 0.15) is 0 Å². The smallest absolute Gasteiger partial charge is 0.241 e. The Morgan fingerprint density at radius 2 is 1.93 bits per heavy atom. The Morgan fingerprint density at radius 3 is 2.56 bits per heavy atom. The van der Waals surface area contributed by atoms with Crippen LogP contribution in [0.3, 0.4) is 0 Å². The van der Waals surface area contributed by atoms with Gasteiger partial charge < -0.3 is 15.5 Å². The second kappa shape index (κ2) is 8.52. The van der Waals surface area contributed by atoms with Crippen LogP contribution in [0.2, 0.25) is 0 Å². The average molecular weight is 374 g/mol. The van der Waals surface area contributed by atoms with Crippen molar-refractivity contribution in [1.82, 2.24) is 10.2 Å². The van der Waals surface area contributed by atoms with Gasteiger partial charge in [-0.1, -0.05) is 19.1 Å². The third-order valence-electron chi connectivity index (χ3n) is 4.32. The molecule has 2 rings (SSSR count). The Hall–Kier alpha value is -2.41. The fraction of sp³-hybridized carbons (Fsp3) is 0.550. The SMILES string of the molecule is CCN(CC(=O)NC(C)(C)C)CC(=O)N1c2ccccc2NC(=O)C[C@@H]1C. The molecule has 3 amide bonds. The first-order chi connectivity index (χ1) is 12.6. The predicted molar refractivity (Wildman–Crippen MR) is 107 cm³/mol. The maximum absolute atomic E-state index is 13.1. The van der Waals surface area contributed by atoms with Crippen LogP contribution in [0.25, 0.3) is 0 Å². The van der Waals surface area contributed by atoms with Crippen molar-refractivity contribution in [2.24, 2.45) is 0 Å². The van der Waals surface area contributed by atoms with Gasteiger partial charge in [-0.15, -0.1) is 0 Å². The standard InChI is InChI=1S/C20H30N4O3/c1-6-23(12-18(26)22-20(3,4)5)13-19(27)24-14(2)11-17(25)21-15-9-7-8-10-16(15)24/h7-10,14H,6,11-13H2,1-5H3,(H,21,25)(H,22,26)/t14-/m0/s1. The first-order valence-electron chi connectivity index (χ1n) is 9.35. The lowest BCUT2D eigenvalue weighted by molar-refractivity contribution is -0.125. The number of hydrogen-bond acceptors (Lipinski definition) is 4. The Balaban J connectivity index is 2.15. The minimum absolute atomic E-state index is 0.109. The lowest BCUT2D eigenvalue weighted by Gasteiger charge is -2.31. The van der Waals surface area contributed by atoms with E-state index in [1.807, 2.05) is 52.8 Å². The molecule has 7 heteroatoms. The second-order valence-corrected chi connectivity index (χ2v) is 7.98. The van der Waals surface area contributed by atoms with Gasteiger partial charge in [-0.05, 0) is 46.4 Å². The van der Waals surface area contributed by atoms with Crippen LogP contribution >= 0.6 is 0 Å². The number of hydrogen-bond donors (Lipinski definition) is 2. The summed E-state index contributed by atoms with van der Waals surface area (Å²) in [4.78, 5) is 40.8. The molecule has 1 heterocycles. The molecule has 0 fully saturated rings. The van der Waals surface area contributed by atoms with Gasteiger partial charge in [0.15, 0.2) is 0 Å². The van der Waals surface area contributed by atoms with Crippen molar-refractivity contribution in [3.63, 3.8) is 0 Å². The number of fused-ring (bicyclic) bond motifs is 1. The highest BCUT2D eigenvalue weighted by Gasteiger charge is 2.30. The zero-order valence-corrected chi connectivity index (χ0v) is 16.8. The number of nitrogens with zero attached hydrogens (tertiary/aromatic N) is 2. The lowest BCUT2D eigenvalue weighted by Crippen LogP contribution is -2.49. The summed E-state index contributed by atoms with van der Waals surface area (Å²) in [7, 11) is 0. The Bertz CT molecular complexity index is 711. The van der Waals surface area contributed by atoms with Crippen molar-refractivity contribution in [2.45, 2.75) is 52.6 Å². The minimum atomic E-state index is -0.315. The number of likely N-dealkylation sites (N-methyl/N-ethyl adjacent to an activating group) is 1. The van der Waals surface area contributed by atoms with Gasteiger partial charge in [0.05, 0.1) is 24.5 Å². The number of carbonyl (C=O) groups is 3. The number of amides is 3. The molecule has 1 aliphatic rings. The van der Waals surface area contributed by atoms with Crippen molar-refractivity contribution in [3.05, 3.63) is 24.3 Å². The third-order valence-corrected chi connectivity index (χ3v) is 4.32. The molecule has 0 aromatic heterocycles. The van der Waals surface area contributed by atoms with E-state index in [1.54, 1.807) is 15.9 Å². The molecule has 7 nitrogen and oxygen atoms in total. The van der Waals surface area contributed by atoms with Crippen LogP contribution in [-0.4, -0.2) is 53.8 Å². The molecular formula is C20H30N4O3. The van der Waals surface area contributed by atoms with Crippen molar-refractivity contribution < 1.29 is 14.4 Å². The molecule has 1 aliphatic heterocycles. The molecular weight excluding hydrogens is 344 g/mol. The molecule has 27 heavy (non-hydrogen) atoms. The quantitative estimate of drug-likeness (QED) is 0.826. The number of carbonyl (C=O) groups excluding carboxylic acids is 3. The van der Waals surface area contributed by atoms with E-state index in [2.05, 4.69) is 10.6 Å². The van der Waals surface area contributed by atoms with Crippen LogP contribution in [0.5, 0.6) is 0 Å². The molecule has 148 valence electrons. The molecule has 0 aliphatic carbocycles. The van der Waals surface area contributed by atoms with E-state index in [0.29, 0.717) is 17.9 Å². The predicted octanol–water partition coefficient (Wildman–Crippen LogP) is 1.99. The zero-order chi connectivity index (χ0) is 20.2. The van der Waals surface area contributed by atoms with Crippen LogP contribution in [0, 0.1) is 0 Å². The van der Waals surface area contributed by atoms with Gasteiger partial charge in [-0.2, -0.15) is 0 Å². The Kier molecular flexibility index (Phi) is 6.59. The summed E-state index contributed by atoms with van der Waals surface area (Å²) in [5, 5.41) is 5.77. The minimum Gasteiger partial charge on any atom is -0.350 e. The number of anilines is 2. The van der Waals surface area contributed by atoms with Crippen molar-refractivity contribution >= 4 is 29.1 Å². The molecule has 1 aromatic rings. The molecule has 0 bridgehead atoms. The monoisotopic (exact) mass is 374 g/mol. The van der Waals surface area contributed by atoms with Gasteiger partial charge in [-0.25, -0.2) is 0 Å². The van der Waals surface area contributed by atoms with Crippen molar-refractivity contribution in [3.8, 4) is 0 Å². The summed E-state index contributed by atoms with van der Waals surface area (Å²) in [6, 6.07) is 7.03. The summed E-state index contributed by atoms with van der Waals surface area (Å²) in [5.74, 6) is -0.350. The van der Waals surface area contributed by atoms with E-state index in [4.69, 9.17) is 0 Å². The van der Waals surface area contributed by atoms with Crippen LogP contribution in [-0.2, 0) is 14.4 Å². The second-order valence-electron chi connectivity index (χ2n) is 7.98. The summed E-state index contributed by atoms with van der Waals surface area (Å²) >= 11 is 0. The van der Waals surface area contributed by atoms with Gasteiger partial charge in [0.25, 0.3) is 0 Å². The maximum Gasteiger partial charge on any atom is 0.241 e. The zero-order valence-electron chi connectivity index (χ0n) is 16.8. The van der Waals surface area contributed by atoms with E-state index < -0.39 is 0 Å². The van der Waals surface area contributed by atoms with Gasteiger partial charge in [0.2, 0.25) is 17.7 Å². The van der Waals surface area contributed by atoms with E-state index in [-0.39, 0.29) is 48.8 Å². The van der Waals surface area contributed by atoms with E-state index in [9.17, 15) is 14.4 Å². The lowest BCUT2D eigenvalue weighted by atomic mass is 10.1. The first-order valence-corrected chi connectivity index (χ1v) is 9.35. The van der Waals surface area contributed by atoms with Gasteiger partial charge in [0, 0.05) is 18.0 Å². The fourth-order valence-electron chi connectivity index (χ4n) is 3.18. The highest BCUT2D eigenvalue weighted by Crippen LogP contribution is 2.31. The topological polar surface area (TPSA) is 81.8 Å². The highest BCUT2D eigenvalue weighted by molar-refractivity contribution is 6.05. The summed E-state index contributed by atoms with van der Waals surface area (Å²) in [6.45, 7) is 10.4. The van der Waals surface area contributed by atoms with Crippen LogP contribution < -0.4 is 15.5 Å². The average Bonchev–Trinajstić information content (AvgIpc) is 2.66. The molecule has 0 saturated carbocycles. The van der Waals surface area contributed by atoms with E-state index in [0.717, 1.165) is 0 Å². The van der Waals surface area contributed by atoms with Crippen molar-refractivity contribution in [1.29, 1.82) is 0 Å². The fourth-order valence-corrected chi connectivity index (χ4v) is 3.18. The normalized spacial score (nSPS) is 17.2. The summed E-state index contributed by atoms with van der Waals surface area (Å²) in [6.07, 6.45) is 0.233. The van der Waals surface area contributed by atoms with Crippen LogP contribution in [0.1, 0.15) is 41.0 Å². The van der Waals surface area contributed by atoms with E-state index >= 15 is 0 Å². The largest absolute Gasteiger partial charge is 0.350 e. The summed E-state index contributed by atoms with van der Waals surface area (Å²) < 4.78 is 0.